The van der Waals surface area contributed by atoms with E-state index in [0.29, 0.717) is 30.0 Å². The summed E-state index contributed by atoms with van der Waals surface area (Å²) < 4.78 is 9.01. The Morgan fingerprint density at radius 2 is 1.33 bits per heavy atom. The standard InChI is InChI=1S/C19H29N5O2.C14H21N5.ClH/c1-6-12(2)15-11-17(24-16(23-15)7-8-20-24)21-13-9-14(10-13)22-18(25)26-19(3,4)5;1-3-9(2)12-8-14(17-11-6-10(15)7-11)19-13(18-12)4-5-16-19;/h7-8,11-14,21H,6,9-10H2,1-5H3,(H,22,25);4-5,8-11,17H,3,6-7,15H2,1-2H3;1H. The van der Waals surface area contributed by atoms with E-state index in [4.69, 9.17) is 15.5 Å². The lowest BCUT2D eigenvalue weighted by atomic mass is 9.87. The number of nitrogens with one attached hydrogen (secondary N) is 3. The van der Waals surface area contributed by atoms with Crippen molar-refractivity contribution in [2.75, 3.05) is 10.6 Å². The van der Waals surface area contributed by atoms with Crippen LogP contribution in [0.4, 0.5) is 16.4 Å². The van der Waals surface area contributed by atoms with Crippen molar-refractivity contribution in [1.29, 1.82) is 0 Å². The minimum atomic E-state index is -0.472. The second-order valence-electron chi connectivity index (χ2n) is 13.7. The molecule has 12 nitrogen and oxygen atoms in total. The van der Waals surface area contributed by atoms with Gasteiger partial charge in [0.2, 0.25) is 0 Å². The first kappa shape index (κ1) is 35.2. The molecule has 2 saturated carbocycles. The van der Waals surface area contributed by atoms with Crippen LogP contribution < -0.4 is 21.7 Å². The maximum absolute atomic E-state index is 11.8. The molecule has 2 fully saturated rings. The molecule has 0 aliphatic heterocycles. The number of halogens is 1. The summed E-state index contributed by atoms with van der Waals surface area (Å²) in [6.45, 7) is 14.3. The van der Waals surface area contributed by atoms with E-state index in [-0.39, 0.29) is 24.5 Å². The second kappa shape index (κ2) is 14.8. The molecular formula is C33H51ClN10O2. The Balaban J connectivity index is 0.000000213. The highest BCUT2D eigenvalue weighted by molar-refractivity contribution is 5.85. The SMILES string of the molecule is CCC(C)c1cc(NC2CC(N)C2)n2nccc2n1.CCC(C)c1cc(NC2CC(NC(=O)OC(C)(C)C)C2)n2nccc2n1.Cl. The number of aromatic nitrogens is 6. The average molecular weight is 655 g/mol. The fraction of sp³-hybridized carbons (Fsp3) is 0.606. The van der Waals surface area contributed by atoms with Crippen LogP contribution in [0.3, 0.4) is 0 Å². The summed E-state index contributed by atoms with van der Waals surface area (Å²) in [7, 11) is 0. The number of anilines is 2. The van der Waals surface area contributed by atoms with Gasteiger partial charge in [-0.25, -0.2) is 14.8 Å². The monoisotopic (exact) mass is 654 g/mol. The molecule has 1 amide bonds. The number of fused-ring (bicyclic) bond motifs is 2. The van der Waals surface area contributed by atoms with Gasteiger partial charge in [-0.1, -0.05) is 27.7 Å². The van der Waals surface area contributed by atoms with Crippen molar-refractivity contribution in [2.45, 2.75) is 129 Å². The molecule has 252 valence electrons. The number of rotatable bonds is 9. The Morgan fingerprint density at radius 1 is 0.870 bits per heavy atom. The van der Waals surface area contributed by atoms with Crippen LogP contribution in [0.25, 0.3) is 11.3 Å². The van der Waals surface area contributed by atoms with Crippen molar-refractivity contribution in [3.8, 4) is 0 Å². The lowest BCUT2D eigenvalue weighted by Crippen LogP contribution is -2.50. The molecule has 46 heavy (non-hydrogen) atoms. The van der Waals surface area contributed by atoms with Gasteiger partial charge in [0, 0.05) is 59.8 Å². The first-order valence-electron chi connectivity index (χ1n) is 16.4. The lowest BCUT2D eigenvalue weighted by Gasteiger charge is -2.37. The first-order chi connectivity index (χ1) is 21.4. The summed E-state index contributed by atoms with van der Waals surface area (Å²) in [5, 5.41) is 18.7. The summed E-state index contributed by atoms with van der Waals surface area (Å²) >= 11 is 0. The van der Waals surface area contributed by atoms with Crippen LogP contribution in [-0.4, -0.2) is 65.1 Å². The number of carbonyl (C=O) groups excluding carboxylic acids is 1. The summed E-state index contributed by atoms with van der Waals surface area (Å²) in [6, 6.07) is 9.34. The number of hydrogen-bond donors (Lipinski definition) is 4. The van der Waals surface area contributed by atoms with Gasteiger partial charge in [-0.05, 0) is 71.1 Å². The molecule has 0 spiro atoms. The normalized spacial score (nSPS) is 21.9. The van der Waals surface area contributed by atoms with Crippen LogP contribution >= 0.6 is 12.4 Å². The maximum atomic E-state index is 11.8. The summed E-state index contributed by atoms with van der Waals surface area (Å²) in [4.78, 5) is 21.2. The molecule has 2 aliphatic carbocycles. The summed E-state index contributed by atoms with van der Waals surface area (Å²) in [5.74, 6) is 2.85. The van der Waals surface area contributed by atoms with Gasteiger partial charge in [0.1, 0.15) is 17.2 Å². The zero-order valence-electron chi connectivity index (χ0n) is 28.2. The Hall–Kier alpha value is -3.64. The minimum Gasteiger partial charge on any atom is -0.444 e. The number of nitrogens with two attached hydrogens (primary N) is 1. The summed E-state index contributed by atoms with van der Waals surface area (Å²) in [6.07, 6.45) is 9.13. The molecular weight excluding hydrogens is 604 g/mol. The van der Waals surface area contributed by atoms with Crippen molar-refractivity contribution in [2.24, 2.45) is 5.73 Å². The van der Waals surface area contributed by atoms with E-state index in [9.17, 15) is 4.79 Å². The van der Waals surface area contributed by atoms with Crippen LogP contribution in [-0.2, 0) is 4.74 Å². The lowest BCUT2D eigenvalue weighted by molar-refractivity contribution is 0.0475. The molecule has 4 aromatic heterocycles. The van der Waals surface area contributed by atoms with Crippen LogP contribution in [0.5, 0.6) is 0 Å². The van der Waals surface area contributed by atoms with Crippen molar-refractivity contribution in [1.82, 2.24) is 34.5 Å². The van der Waals surface area contributed by atoms with E-state index in [1.807, 2.05) is 41.9 Å². The van der Waals surface area contributed by atoms with E-state index >= 15 is 0 Å². The third kappa shape index (κ3) is 8.58. The predicted octanol–water partition coefficient (Wildman–Crippen LogP) is 6.28. The van der Waals surface area contributed by atoms with Gasteiger partial charge in [0.15, 0.2) is 11.3 Å². The molecule has 4 heterocycles. The molecule has 0 saturated heterocycles. The van der Waals surface area contributed by atoms with E-state index in [1.54, 1.807) is 12.4 Å². The third-order valence-electron chi connectivity index (χ3n) is 8.73. The highest BCUT2D eigenvalue weighted by Crippen LogP contribution is 2.28. The molecule has 4 aromatic rings. The van der Waals surface area contributed by atoms with Gasteiger partial charge in [0.25, 0.3) is 0 Å². The molecule has 0 bridgehead atoms. The van der Waals surface area contributed by atoms with Gasteiger partial charge in [-0.2, -0.15) is 19.2 Å². The fourth-order valence-corrected chi connectivity index (χ4v) is 5.52. The molecule has 5 N–H and O–H groups in total. The number of ether oxygens (including phenoxy) is 1. The minimum absolute atomic E-state index is 0. The van der Waals surface area contributed by atoms with Crippen molar-refractivity contribution >= 4 is 41.4 Å². The van der Waals surface area contributed by atoms with E-state index < -0.39 is 5.60 Å². The zero-order valence-corrected chi connectivity index (χ0v) is 29.0. The quantitative estimate of drug-likeness (QED) is 0.164. The van der Waals surface area contributed by atoms with Crippen molar-refractivity contribution in [3.63, 3.8) is 0 Å². The van der Waals surface area contributed by atoms with Gasteiger partial charge in [-0.15, -0.1) is 12.4 Å². The van der Waals surface area contributed by atoms with E-state index in [0.717, 1.165) is 72.8 Å². The molecule has 13 heteroatoms. The number of nitrogens with zero attached hydrogens (tertiary/aromatic N) is 6. The maximum Gasteiger partial charge on any atom is 0.407 e. The molecule has 0 aromatic carbocycles. The van der Waals surface area contributed by atoms with Crippen LogP contribution in [0, 0.1) is 0 Å². The predicted molar refractivity (Wildman–Crippen MR) is 185 cm³/mol. The zero-order chi connectivity index (χ0) is 32.3. The average Bonchev–Trinajstić information content (AvgIpc) is 3.63. The Labute approximate surface area is 278 Å². The third-order valence-corrected chi connectivity index (χ3v) is 8.73. The summed E-state index contributed by atoms with van der Waals surface area (Å²) in [5.41, 5.74) is 9.33. The van der Waals surface area contributed by atoms with E-state index in [2.05, 4.69) is 71.0 Å². The Morgan fingerprint density at radius 3 is 1.74 bits per heavy atom. The second-order valence-corrected chi connectivity index (χ2v) is 13.7. The number of hydrogen-bond acceptors (Lipinski definition) is 9. The smallest absolute Gasteiger partial charge is 0.407 e. The molecule has 0 radical (unpaired) electrons. The van der Waals surface area contributed by atoms with Crippen LogP contribution in [0.1, 0.15) is 110 Å². The number of amides is 1. The van der Waals surface area contributed by atoms with E-state index in [1.165, 1.54) is 0 Å². The number of carbonyl (C=O) groups is 1. The van der Waals surface area contributed by atoms with Gasteiger partial charge in [-0.3, -0.25) is 0 Å². The Kier molecular flexibility index (Phi) is 11.4. The fourth-order valence-electron chi connectivity index (χ4n) is 5.52. The molecule has 2 unspecified atom stereocenters. The molecule has 6 rings (SSSR count). The van der Waals surface area contributed by atoms with Crippen molar-refractivity contribution < 1.29 is 9.53 Å². The topological polar surface area (TPSA) is 149 Å². The molecule has 2 aliphatic rings. The largest absolute Gasteiger partial charge is 0.444 e. The van der Waals surface area contributed by atoms with Gasteiger partial charge >= 0.3 is 6.09 Å². The van der Waals surface area contributed by atoms with Crippen LogP contribution in [0.15, 0.2) is 36.7 Å². The van der Waals surface area contributed by atoms with Gasteiger partial charge < -0.3 is 26.4 Å². The number of alkyl carbamates (subject to hydrolysis) is 1. The Bertz CT molecular complexity index is 1590. The van der Waals surface area contributed by atoms with Crippen LogP contribution in [0.2, 0.25) is 0 Å². The van der Waals surface area contributed by atoms with Crippen molar-refractivity contribution in [3.05, 3.63) is 48.0 Å². The first-order valence-corrected chi connectivity index (χ1v) is 16.4. The van der Waals surface area contributed by atoms with Gasteiger partial charge in [0.05, 0.1) is 12.4 Å². The highest BCUT2D eigenvalue weighted by Gasteiger charge is 2.32. The molecule has 2 atom stereocenters. The highest BCUT2D eigenvalue weighted by atomic mass is 35.5.